The molecule has 0 saturated carbocycles. The second-order valence-electron chi connectivity index (χ2n) is 8.06. The molecule has 0 aromatic heterocycles. The maximum Gasteiger partial charge on any atom is 0.137 e. The molecule has 0 amide bonds. The Morgan fingerprint density at radius 3 is 1.13 bits per heavy atom. The van der Waals surface area contributed by atoms with E-state index in [0.717, 1.165) is 108 Å². The van der Waals surface area contributed by atoms with Crippen molar-refractivity contribution in [1.82, 2.24) is 0 Å². The van der Waals surface area contributed by atoms with Gasteiger partial charge in [-0.05, 0) is 53.7 Å². The van der Waals surface area contributed by atoms with Crippen molar-refractivity contribution in [2.45, 2.75) is 52.2 Å². The Balaban J connectivity index is 2.88. The summed E-state index contributed by atoms with van der Waals surface area (Å²) in [5.74, 6) is 1.94. The van der Waals surface area contributed by atoms with Crippen LogP contribution in [0.2, 0.25) is 0 Å². The predicted octanol–water partition coefficient (Wildman–Crippen LogP) is 5.99. The van der Waals surface area contributed by atoms with Gasteiger partial charge in [-0.25, -0.2) is 0 Å². The number of likely N-dealkylation sites (N-methyl/N-ethyl adjacent to an activating group) is 2. The zero-order chi connectivity index (χ0) is 22.6. The average Bonchev–Trinajstić information content (AvgIpc) is 2.80. The first-order valence-electron chi connectivity index (χ1n) is 11.7. The second kappa shape index (κ2) is 14.0. The molecule has 4 nitrogen and oxygen atoms in total. The Hall–Kier alpha value is -0.300. The molecule has 174 valence electrons. The quantitative estimate of drug-likeness (QED) is 0.186. The van der Waals surface area contributed by atoms with Crippen LogP contribution in [-0.2, 0) is 10.7 Å². The summed E-state index contributed by atoms with van der Waals surface area (Å²) in [6.45, 7) is 24.1. The third-order valence-corrected chi connectivity index (χ3v) is 8.41. The highest BCUT2D eigenvalue weighted by atomic mass is 79.9. The third kappa shape index (κ3) is 7.39. The highest BCUT2D eigenvalue weighted by Crippen LogP contribution is 2.32. The number of alkyl halides is 2. The molecule has 0 spiro atoms. The molecule has 1 aromatic carbocycles. The molecule has 0 fully saturated rings. The fourth-order valence-corrected chi connectivity index (χ4v) is 4.99. The van der Waals surface area contributed by atoms with Crippen molar-refractivity contribution in [1.29, 1.82) is 0 Å². The van der Waals surface area contributed by atoms with Gasteiger partial charge in [0.05, 0.1) is 39.3 Å². The van der Waals surface area contributed by atoms with E-state index in [-0.39, 0.29) is 0 Å². The first-order valence-corrected chi connectivity index (χ1v) is 13.9. The van der Waals surface area contributed by atoms with Crippen LogP contribution in [0, 0.1) is 0 Å². The molecule has 30 heavy (non-hydrogen) atoms. The SMILES string of the molecule is CC[N+](CC)(CC)CCOc1cc(CBr)c(OCC[N+](CC)(CC)CC)cc1CBr. The van der Waals surface area contributed by atoms with E-state index < -0.39 is 0 Å². The topological polar surface area (TPSA) is 18.5 Å². The van der Waals surface area contributed by atoms with Gasteiger partial charge in [0.2, 0.25) is 0 Å². The molecule has 0 unspecified atom stereocenters. The van der Waals surface area contributed by atoms with Gasteiger partial charge in [0.1, 0.15) is 37.8 Å². The minimum Gasteiger partial charge on any atom is -0.487 e. The van der Waals surface area contributed by atoms with Gasteiger partial charge in [-0.15, -0.1) is 0 Å². The molecule has 0 atom stereocenters. The lowest BCUT2D eigenvalue weighted by atomic mass is 10.1. The van der Waals surface area contributed by atoms with Crippen LogP contribution in [0.1, 0.15) is 52.7 Å². The van der Waals surface area contributed by atoms with E-state index in [2.05, 4.69) is 85.5 Å². The molecular weight excluding hydrogens is 508 g/mol. The lowest BCUT2D eigenvalue weighted by Crippen LogP contribution is -2.50. The van der Waals surface area contributed by atoms with Crippen LogP contribution >= 0.6 is 31.9 Å². The van der Waals surface area contributed by atoms with Crippen LogP contribution in [0.3, 0.4) is 0 Å². The number of halogens is 2. The van der Waals surface area contributed by atoms with E-state index in [9.17, 15) is 0 Å². The first kappa shape index (κ1) is 27.7. The molecule has 0 aliphatic rings. The van der Waals surface area contributed by atoms with Gasteiger partial charge in [-0.1, -0.05) is 31.9 Å². The second-order valence-corrected chi connectivity index (χ2v) is 9.18. The van der Waals surface area contributed by atoms with Gasteiger partial charge in [0.25, 0.3) is 0 Å². The molecule has 0 N–H and O–H groups in total. The van der Waals surface area contributed by atoms with Crippen LogP contribution in [0.25, 0.3) is 0 Å². The van der Waals surface area contributed by atoms with Crippen molar-refractivity contribution in [3.05, 3.63) is 23.3 Å². The molecule has 1 aromatic rings. The largest absolute Gasteiger partial charge is 0.487 e. The highest BCUT2D eigenvalue weighted by molar-refractivity contribution is 9.08. The van der Waals surface area contributed by atoms with E-state index in [0.29, 0.717) is 0 Å². The number of rotatable bonds is 16. The summed E-state index contributed by atoms with van der Waals surface area (Å²) in [5, 5.41) is 1.52. The fourth-order valence-electron chi connectivity index (χ4n) is 4.11. The summed E-state index contributed by atoms with van der Waals surface area (Å²) < 4.78 is 14.7. The van der Waals surface area contributed by atoms with Crippen LogP contribution in [0.5, 0.6) is 11.5 Å². The van der Waals surface area contributed by atoms with Crippen molar-refractivity contribution in [2.24, 2.45) is 0 Å². The van der Waals surface area contributed by atoms with Crippen LogP contribution in [0.4, 0.5) is 0 Å². The number of benzene rings is 1. The standard InChI is InChI=1S/C24H44Br2N2O2/c1-7-27(8-2,9-3)13-15-29-23-17-22(20-26)24(18-21(23)19-25)30-16-14-28(10-4,11-5)12-6/h17-18H,7-16,19-20H2,1-6H3/q+2. The molecule has 0 heterocycles. The molecule has 0 radical (unpaired) electrons. The van der Waals surface area contributed by atoms with Gasteiger partial charge in [0.15, 0.2) is 0 Å². The number of nitrogens with zero attached hydrogens (tertiary/aromatic N) is 2. The minimum atomic E-state index is 0.737. The fraction of sp³-hybridized carbons (Fsp3) is 0.750. The Bertz CT molecular complexity index is 547. The van der Waals surface area contributed by atoms with E-state index in [1.54, 1.807) is 0 Å². The van der Waals surface area contributed by atoms with Crippen molar-refractivity contribution in [3.8, 4) is 11.5 Å². The summed E-state index contributed by atoms with van der Waals surface area (Å²) in [6, 6.07) is 4.31. The number of quaternary nitrogens is 2. The normalized spacial score (nSPS) is 12.3. The maximum absolute atomic E-state index is 6.27. The molecular formula is C24H44Br2N2O2+2. The minimum absolute atomic E-state index is 0.737. The summed E-state index contributed by atoms with van der Waals surface area (Å²) in [6.07, 6.45) is 0. The molecule has 0 aliphatic heterocycles. The lowest BCUT2D eigenvalue weighted by molar-refractivity contribution is -0.923. The summed E-state index contributed by atoms with van der Waals surface area (Å²) in [4.78, 5) is 0. The summed E-state index contributed by atoms with van der Waals surface area (Å²) >= 11 is 7.28. The molecule has 0 aliphatic carbocycles. The van der Waals surface area contributed by atoms with Crippen LogP contribution in [0.15, 0.2) is 12.1 Å². The Morgan fingerprint density at radius 2 is 0.900 bits per heavy atom. The van der Waals surface area contributed by atoms with Crippen molar-refractivity contribution < 1.29 is 18.4 Å². The lowest BCUT2D eigenvalue weighted by Gasteiger charge is -2.35. The van der Waals surface area contributed by atoms with Gasteiger partial charge < -0.3 is 18.4 Å². The van der Waals surface area contributed by atoms with E-state index in [1.165, 1.54) is 0 Å². The summed E-state index contributed by atoms with van der Waals surface area (Å²) in [7, 11) is 0. The van der Waals surface area contributed by atoms with E-state index in [1.807, 2.05) is 0 Å². The molecule has 6 heteroatoms. The Kier molecular flexibility index (Phi) is 12.9. The van der Waals surface area contributed by atoms with Gasteiger partial charge in [-0.2, -0.15) is 0 Å². The Labute approximate surface area is 202 Å². The van der Waals surface area contributed by atoms with Gasteiger partial charge >= 0.3 is 0 Å². The molecule has 0 saturated heterocycles. The molecule has 1 rings (SSSR count). The summed E-state index contributed by atoms with van der Waals surface area (Å²) in [5.41, 5.74) is 2.30. The number of hydrogen-bond donors (Lipinski definition) is 0. The van der Waals surface area contributed by atoms with Gasteiger partial charge in [-0.3, -0.25) is 0 Å². The molecule has 0 bridgehead atoms. The third-order valence-electron chi connectivity index (χ3n) is 7.20. The first-order chi connectivity index (χ1) is 14.4. The van der Waals surface area contributed by atoms with Crippen LogP contribution in [-0.4, -0.2) is 74.5 Å². The maximum atomic E-state index is 6.27. The average molecular weight is 552 g/mol. The Morgan fingerprint density at radius 1 is 0.600 bits per heavy atom. The zero-order valence-corrected chi connectivity index (χ0v) is 23.3. The van der Waals surface area contributed by atoms with Crippen LogP contribution < -0.4 is 9.47 Å². The van der Waals surface area contributed by atoms with E-state index in [4.69, 9.17) is 9.47 Å². The van der Waals surface area contributed by atoms with E-state index >= 15 is 0 Å². The monoisotopic (exact) mass is 550 g/mol. The number of hydrogen-bond acceptors (Lipinski definition) is 2. The highest BCUT2D eigenvalue weighted by Gasteiger charge is 2.22. The van der Waals surface area contributed by atoms with Crippen molar-refractivity contribution >= 4 is 31.9 Å². The zero-order valence-electron chi connectivity index (χ0n) is 20.1. The predicted molar refractivity (Wildman–Crippen MR) is 136 cm³/mol. The number of ether oxygens (including phenoxy) is 2. The van der Waals surface area contributed by atoms with Crippen molar-refractivity contribution in [2.75, 3.05) is 65.6 Å². The van der Waals surface area contributed by atoms with Crippen molar-refractivity contribution in [3.63, 3.8) is 0 Å². The van der Waals surface area contributed by atoms with Gasteiger partial charge in [0, 0.05) is 21.8 Å². The smallest absolute Gasteiger partial charge is 0.137 e.